The lowest BCUT2D eigenvalue weighted by Crippen LogP contribution is -2.16. The normalized spacial score (nSPS) is 13.8. The summed E-state index contributed by atoms with van der Waals surface area (Å²) >= 11 is 1.50. The molecule has 0 spiro atoms. The van der Waals surface area contributed by atoms with E-state index in [1.165, 1.54) is 11.8 Å². The molecule has 2 heterocycles. The largest absolute Gasteiger partial charge is 0.440 e. The number of benzene rings is 2. The van der Waals surface area contributed by atoms with Crippen LogP contribution in [0.3, 0.4) is 0 Å². The first-order valence-corrected chi connectivity index (χ1v) is 10.3. The van der Waals surface area contributed by atoms with Gasteiger partial charge in [-0.05, 0) is 49.4 Å². The van der Waals surface area contributed by atoms with Gasteiger partial charge in [-0.3, -0.25) is 9.36 Å². The highest BCUT2D eigenvalue weighted by atomic mass is 32.2. The summed E-state index contributed by atoms with van der Waals surface area (Å²) in [5.41, 5.74) is 3.57. The number of aromatic nitrogens is 3. The first-order valence-electron chi connectivity index (χ1n) is 9.12. The molecule has 0 aliphatic heterocycles. The number of rotatable bonds is 5. The standard InChI is InChI=1S/C21H18N4O2S/c1-28-21-22-12-17(25(21)15-5-3-2-4-6-15)19(26)23-14-9-10-18-16(11-14)24-20(27-18)13-7-8-13/h2-6,9-13H,7-8H2,1H3,(H,23,26). The van der Waals surface area contributed by atoms with Gasteiger partial charge in [0.2, 0.25) is 0 Å². The van der Waals surface area contributed by atoms with E-state index in [-0.39, 0.29) is 5.91 Å². The summed E-state index contributed by atoms with van der Waals surface area (Å²) in [6.07, 6.45) is 5.82. The van der Waals surface area contributed by atoms with Crippen LogP contribution < -0.4 is 5.32 Å². The number of nitrogens with zero attached hydrogens (tertiary/aromatic N) is 3. The van der Waals surface area contributed by atoms with E-state index in [9.17, 15) is 4.79 Å². The molecule has 1 aliphatic carbocycles. The number of thioether (sulfide) groups is 1. The van der Waals surface area contributed by atoms with E-state index in [0.29, 0.717) is 17.3 Å². The van der Waals surface area contributed by atoms with Gasteiger partial charge in [0.15, 0.2) is 16.6 Å². The van der Waals surface area contributed by atoms with Crippen molar-refractivity contribution in [1.82, 2.24) is 14.5 Å². The van der Waals surface area contributed by atoms with Crippen molar-refractivity contribution in [3.8, 4) is 5.69 Å². The second-order valence-electron chi connectivity index (χ2n) is 6.76. The quantitative estimate of drug-likeness (QED) is 0.493. The Balaban J connectivity index is 1.46. The third kappa shape index (κ3) is 3.07. The van der Waals surface area contributed by atoms with E-state index in [2.05, 4.69) is 15.3 Å². The van der Waals surface area contributed by atoms with E-state index in [4.69, 9.17) is 4.42 Å². The van der Waals surface area contributed by atoms with Gasteiger partial charge in [0.1, 0.15) is 11.2 Å². The lowest BCUT2D eigenvalue weighted by atomic mass is 10.2. The van der Waals surface area contributed by atoms with E-state index >= 15 is 0 Å². The highest BCUT2D eigenvalue weighted by molar-refractivity contribution is 7.98. The molecule has 1 saturated carbocycles. The molecule has 0 saturated heterocycles. The number of amides is 1. The number of nitrogens with one attached hydrogen (secondary N) is 1. The van der Waals surface area contributed by atoms with Gasteiger partial charge in [0.05, 0.1) is 6.20 Å². The molecule has 1 amide bonds. The average molecular weight is 390 g/mol. The molecule has 5 rings (SSSR count). The maximum atomic E-state index is 13.0. The van der Waals surface area contributed by atoms with Gasteiger partial charge in [-0.15, -0.1) is 0 Å². The van der Waals surface area contributed by atoms with Crippen molar-refractivity contribution < 1.29 is 9.21 Å². The predicted octanol–water partition coefficient (Wildman–Crippen LogP) is 4.87. The molecule has 1 fully saturated rings. The van der Waals surface area contributed by atoms with Crippen molar-refractivity contribution in [3.05, 3.63) is 66.3 Å². The van der Waals surface area contributed by atoms with E-state index < -0.39 is 0 Å². The Labute approximate surface area is 166 Å². The maximum absolute atomic E-state index is 13.0. The molecule has 1 aliphatic rings. The van der Waals surface area contributed by atoms with Crippen molar-refractivity contribution in [2.24, 2.45) is 0 Å². The van der Waals surface area contributed by atoms with Gasteiger partial charge in [0, 0.05) is 17.3 Å². The predicted molar refractivity (Wildman–Crippen MR) is 109 cm³/mol. The van der Waals surface area contributed by atoms with Gasteiger partial charge in [-0.25, -0.2) is 9.97 Å². The number of anilines is 1. The number of fused-ring (bicyclic) bond motifs is 1. The molecule has 4 aromatic rings. The molecule has 7 heteroatoms. The van der Waals surface area contributed by atoms with Crippen molar-refractivity contribution >= 4 is 34.5 Å². The molecule has 1 N–H and O–H groups in total. The second kappa shape index (κ2) is 6.83. The fourth-order valence-corrected chi connectivity index (χ4v) is 3.73. The van der Waals surface area contributed by atoms with Gasteiger partial charge >= 0.3 is 0 Å². The fourth-order valence-electron chi connectivity index (χ4n) is 3.19. The van der Waals surface area contributed by atoms with Gasteiger partial charge in [0.25, 0.3) is 5.91 Å². The topological polar surface area (TPSA) is 73.0 Å². The van der Waals surface area contributed by atoms with Crippen molar-refractivity contribution in [1.29, 1.82) is 0 Å². The van der Waals surface area contributed by atoms with Crippen LogP contribution in [0.5, 0.6) is 0 Å². The highest BCUT2D eigenvalue weighted by Crippen LogP contribution is 2.40. The van der Waals surface area contributed by atoms with Gasteiger partial charge in [-0.1, -0.05) is 30.0 Å². The molecule has 2 aromatic carbocycles. The van der Waals surface area contributed by atoms with Crippen molar-refractivity contribution in [3.63, 3.8) is 0 Å². The van der Waals surface area contributed by atoms with E-state index in [1.807, 2.05) is 59.4 Å². The Morgan fingerprint density at radius 3 is 2.79 bits per heavy atom. The second-order valence-corrected chi connectivity index (χ2v) is 7.54. The molecule has 6 nitrogen and oxygen atoms in total. The van der Waals surface area contributed by atoms with Crippen molar-refractivity contribution in [2.45, 2.75) is 23.9 Å². The average Bonchev–Trinajstić information content (AvgIpc) is 3.34. The first kappa shape index (κ1) is 17.1. The molecule has 0 unspecified atom stereocenters. The molecule has 28 heavy (non-hydrogen) atoms. The fraction of sp³-hybridized carbons (Fsp3) is 0.190. The van der Waals surface area contributed by atoms with Crippen LogP contribution in [-0.4, -0.2) is 26.7 Å². The molecule has 0 atom stereocenters. The summed E-state index contributed by atoms with van der Waals surface area (Å²) in [6, 6.07) is 15.3. The lowest BCUT2D eigenvalue weighted by Gasteiger charge is -2.11. The summed E-state index contributed by atoms with van der Waals surface area (Å²) < 4.78 is 7.65. The van der Waals surface area contributed by atoms with Crippen LogP contribution in [-0.2, 0) is 0 Å². The van der Waals surface area contributed by atoms with Crippen LogP contribution in [0.1, 0.15) is 35.1 Å². The maximum Gasteiger partial charge on any atom is 0.274 e. The summed E-state index contributed by atoms with van der Waals surface area (Å²) in [5.74, 6) is 1.03. The van der Waals surface area contributed by atoms with Crippen molar-refractivity contribution in [2.75, 3.05) is 11.6 Å². The third-order valence-electron chi connectivity index (χ3n) is 4.75. The number of imidazole rings is 1. The smallest absolute Gasteiger partial charge is 0.274 e. The number of carbonyl (C=O) groups excluding carboxylic acids is 1. The van der Waals surface area contributed by atoms with Crippen LogP contribution in [0.25, 0.3) is 16.8 Å². The molecule has 140 valence electrons. The summed E-state index contributed by atoms with van der Waals surface area (Å²) in [6.45, 7) is 0. The zero-order valence-corrected chi connectivity index (χ0v) is 16.1. The molecule has 0 radical (unpaired) electrons. The Morgan fingerprint density at radius 2 is 2.04 bits per heavy atom. The van der Waals surface area contributed by atoms with Gasteiger partial charge in [-0.2, -0.15) is 0 Å². The van der Waals surface area contributed by atoms with Crippen LogP contribution in [0, 0.1) is 0 Å². The summed E-state index contributed by atoms with van der Waals surface area (Å²) in [4.78, 5) is 21.9. The Hall–Kier alpha value is -3.06. The Kier molecular flexibility index (Phi) is 4.16. The number of oxazole rings is 1. The number of carbonyl (C=O) groups is 1. The zero-order valence-electron chi connectivity index (χ0n) is 15.3. The Bertz CT molecular complexity index is 1160. The molecular weight excluding hydrogens is 372 g/mol. The van der Waals surface area contributed by atoms with E-state index in [0.717, 1.165) is 40.7 Å². The number of para-hydroxylation sites is 1. The van der Waals surface area contributed by atoms with Crippen LogP contribution >= 0.6 is 11.8 Å². The van der Waals surface area contributed by atoms with Crippen LogP contribution in [0.4, 0.5) is 5.69 Å². The third-order valence-corrected chi connectivity index (χ3v) is 5.40. The van der Waals surface area contributed by atoms with E-state index in [1.54, 1.807) is 6.20 Å². The highest BCUT2D eigenvalue weighted by Gasteiger charge is 2.29. The number of hydrogen-bond donors (Lipinski definition) is 1. The lowest BCUT2D eigenvalue weighted by molar-refractivity contribution is 0.102. The minimum atomic E-state index is -0.220. The first-order chi connectivity index (χ1) is 13.7. The van der Waals surface area contributed by atoms with Gasteiger partial charge < -0.3 is 9.73 Å². The Morgan fingerprint density at radius 1 is 1.21 bits per heavy atom. The minimum absolute atomic E-state index is 0.220. The monoisotopic (exact) mass is 390 g/mol. The van der Waals surface area contributed by atoms with Crippen LogP contribution in [0.2, 0.25) is 0 Å². The molecule has 2 aromatic heterocycles. The number of hydrogen-bond acceptors (Lipinski definition) is 5. The molecule has 0 bridgehead atoms. The molecular formula is C21H18N4O2S. The summed E-state index contributed by atoms with van der Waals surface area (Å²) in [5, 5.41) is 3.72. The minimum Gasteiger partial charge on any atom is -0.440 e. The van der Waals surface area contributed by atoms with Crippen LogP contribution in [0.15, 0.2) is 64.3 Å². The zero-order chi connectivity index (χ0) is 19.1. The SMILES string of the molecule is CSc1ncc(C(=O)Nc2ccc3oc(C4CC4)nc3c2)n1-c1ccccc1. The summed E-state index contributed by atoms with van der Waals surface area (Å²) in [7, 11) is 0.